The van der Waals surface area contributed by atoms with Crippen molar-refractivity contribution in [1.29, 1.82) is 0 Å². The van der Waals surface area contributed by atoms with Crippen molar-refractivity contribution < 1.29 is 17.9 Å². The predicted octanol–water partition coefficient (Wildman–Crippen LogP) is 0.462. The molecule has 6 nitrogen and oxygen atoms in total. The van der Waals surface area contributed by atoms with Crippen molar-refractivity contribution in [3.05, 3.63) is 29.3 Å². The molecule has 1 aromatic rings. The van der Waals surface area contributed by atoms with E-state index in [0.717, 1.165) is 4.31 Å². The van der Waals surface area contributed by atoms with E-state index in [1.54, 1.807) is 12.1 Å². The molecule has 2 N–H and O–H groups in total. The number of methoxy groups -OCH3 is 1. The van der Waals surface area contributed by atoms with Crippen molar-refractivity contribution in [2.24, 2.45) is 5.73 Å². The van der Waals surface area contributed by atoms with Crippen molar-refractivity contribution in [1.82, 2.24) is 4.31 Å². The maximum absolute atomic E-state index is 12.4. The summed E-state index contributed by atoms with van der Waals surface area (Å²) >= 11 is 5.87. The Balaban J connectivity index is 3.12. The quantitative estimate of drug-likeness (QED) is 0.792. The minimum atomic E-state index is -3.88. The normalized spacial score (nSPS) is 11.7. The van der Waals surface area contributed by atoms with Gasteiger partial charge in [0.25, 0.3) is 0 Å². The van der Waals surface area contributed by atoms with Crippen LogP contribution in [0.3, 0.4) is 0 Å². The van der Waals surface area contributed by atoms with Gasteiger partial charge in [-0.05, 0) is 12.1 Å². The fourth-order valence-corrected chi connectivity index (χ4v) is 3.33. The fraction of sp³-hybridized carbons (Fsp3) is 0.364. The SMILES string of the molecule is COCCN(CC(N)=O)S(=O)(=O)c1ccccc1Cl. The summed E-state index contributed by atoms with van der Waals surface area (Å²) in [5.74, 6) is -0.744. The summed E-state index contributed by atoms with van der Waals surface area (Å²) < 4.78 is 30.5. The summed E-state index contributed by atoms with van der Waals surface area (Å²) in [7, 11) is -2.44. The number of nitrogens with two attached hydrogens (primary N) is 1. The number of carbonyl (C=O) groups excluding carboxylic acids is 1. The second-order valence-corrected chi connectivity index (χ2v) is 6.04. The van der Waals surface area contributed by atoms with Gasteiger partial charge in [0, 0.05) is 13.7 Å². The Morgan fingerprint density at radius 2 is 2.05 bits per heavy atom. The van der Waals surface area contributed by atoms with Gasteiger partial charge >= 0.3 is 0 Å². The van der Waals surface area contributed by atoms with E-state index in [0.29, 0.717) is 0 Å². The van der Waals surface area contributed by atoms with Crippen LogP contribution >= 0.6 is 11.6 Å². The number of sulfonamides is 1. The summed E-state index contributed by atoms with van der Waals surface area (Å²) in [5.41, 5.74) is 5.06. The number of hydrogen-bond donors (Lipinski definition) is 1. The molecule has 1 amide bonds. The number of primary amides is 1. The van der Waals surface area contributed by atoms with Gasteiger partial charge in [0.15, 0.2) is 0 Å². The zero-order valence-electron chi connectivity index (χ0n) is 10.4. The van der Waals surface area contributed by atoms with Crippen LogP contribution in [0, 0.1) is 0 Å². The third-order valence-corrected chi connectivity index (χ3v) is 4.68. The van der Waals surface area contributed by atoms with Crippen LogP contribution in [0.5, 0.6) is 0 Å². The first kappa shape index (κ1) is 15.9. The molecule has 1 rings (SSSR count). The molecule has 0 radical (unpaired) electrons. The summed E-state index contributed by atoms with van der Waals surface area (Å²) in [4.78, 5) is 10.9. The number of benzene rings is 1. The van der Waals surface area contributed by atoms with E-state index in [-0.39, 0.29) is 23.1 Å². The topological polar surface area (TPSA) is 89.7 Å². The van der Waals surface area contributed by atoms with Gasteiger partial charge in [-0.3, -0.25) is 4.79 Å². The van der Waals surface area contributed by atoms with Gasteiger partial charge in [0.2, 0.25) is 15.9 Å². The number of hydrogen-bond acceptors (Lipinski definition) is 4. The number of amides is 1. The fourth-order valence-electron chi connectivity index (χ4n) is 1.44. The monoisotopic (exact) mass is 306 g/mol. The molecule has 0 heterocycles. The molecule has 0 aromatic heterocycles. The lowest BCUT2D eigenvalue weighted by Crippen LogP contribution is -2.40. The molecule has 0 aliphatic heterocycles. The molecule has 0 aliphatic rings. The summed E-state index contributed by atoms with van der Waals surface area (Å²) in [6, 6.07) is 6.01. The van der Waals surface area contributed by atoms with Gasteiger partial charge < -0.3 is 10.5 Å². The Labute approximate surface area is 117 Å². The van der Waals surface area contributed by atoms with Crippen LogP contribution in [0.15, 0.2) is 29.2 Å². The van der Waals surface area contributed by atoms with Crippen LogP contribution in [0.25, 0.3) is 0 Å². The minimum Gasteiger partial charge on any atom is -0.383 e. The largest absolute Gasteiger partial charge is 0.383 e. The maximum Gasteiger partial charge on any atom is 0.245 e. The molecule has 0 atom stereocenters. The van der Waals surface area contributed by atoms with Crippen LogP contribution in [0.4, 0.5) is 0 Å². The lowest BCUT2D eigenvalue weighted by Gasteiger charge is -2.20. The number of ether oxygens (including phenoxy) is 1. The molecule has 0 aliphatic carbocycles. The highest BCUT2D eigenvalue weighted by Crippen LogP contribution is 2.23. The third kappa shape index (κ3) is 4.17. The smallest absolute Gasteiger partial charge is 0.245 e. The molecule has 0 saturated carbocycles. The highest BCUT2D eigenvalue weighted by molar-refractivity contribution is 7.89. The summed E-state index contributed by atoms with van der Waals surface area (Å²) in [5, 5.41) is 0.0920. The standard InChI is InChI=1S/C11H15ClN2O4S/c1-18-7-6-14(8-11(13)15)19(16,17)10-5-3-2-4-9(10)12/h2-5H,6-8H2,1H3,(H2,13,15). The van der Waals surface area contributed by atoms with Gasteiger partial charge in [-0.1, -0.05) is 23.7 Å². The zero-order chi connectivity index (χ0) is 14.5. The highest BCUT2D eigenvalue weighted by Gasteiger charge is 2.27. The minimum absolute atomic E-state index is 0.0208. The van der Waals surface area contributed by atoms with Crippen LogP contribution in [-0.2, 0) is 19.6 Å². The van der Waals surface area contributed by atoms with Crippen LogP contribution in [-0.4, -0.2) is 45.4 Å². The molecule has 0 spiro atoms. The van der Waals surface area contributed by atoms with Gasteiger partial charge in [0.1, 0.15) is 4.90 Å². The highest BCUT2D eigenvalue weighted by atomic mass is 35.5. The Morgan fingerprint density at radius 3 is 2.58 bits per heavy atom. The molecule has 0 unspecified atom stereocenters. The van der Waals surface area contributed by atoms with E-state index in [2.05, 4.69) is 0 Å². The Morgan fingerprint density at radius 1 is 1.42 bits per heavy atom. The lowest BCUT2D eigenvalue weighted by atomic mass is 10.4. The zero-order valence-corrected chi connectivity index (χ0v) is 11.9. The Kier molecular flexibility index (Phi) is 5.74. The number of carbonyl (C=O) groups is 1. The maximum atomic E-state index is 12.4. The van der Waals surface area contributed by atoms with E-state index >= 15 is 0 Å². The third-order valence-electron chi connectivity index (χ3n) is 2.33. The summed E-state index contributed by atoms with van der Waals surface area (Å²) in [6.07, 6.45) is 0. The molecule has 106 valence electrons. The average molecular weight is 307 g/mol. The predicted molar refractivity (Wildman–Crippen MR) is 71.3 cm³/mol. The molecule has 0 saturated heterocycles. The van der Waals surface area contributed by atoms with Gasteiger partial charge in [-0.15, -0.1) is 0 Å². The molecule has 0 fully saturated rings. The van der Waals surface area contributed by atoms with E-state index in [1.807, 2.05) is 0 Å². The molecule has 1 aromatic carbocycles. The molecule has 19 heavy (non-hydrogen) atoms. The van der Waals surface area contributed by atoms with Crippen molar-refractivity contribution in [2.45, 2.75) is 4.90 Å². The van der Waals surface area contributed by atoms with E-state index in [9.17, 15) is 13.2 Å². The second-order valence-electron chi connectivity index (χ2n) is 3.73. The first-order valence-electron chi connectivity index (χ1n) is 5.41. The molecule has 8 heteroatoms. The number of rotatable bonds is 7. The van der Waals surface area contributed by atoms with E-state index in [4.69, 9.17) is 22.1 Å². The lowest BCUT2D eigenvalue weighted by molar-refractivity contribution is -0.118. The summed E-state index contributed by atoms with van der Waals surface area (Å²) in [6.45, 7) is -0.249. The van der Waals surface area contributed by atoms with Crippen LogP contribution in [0.2, 0.25) is 5.02 Å². The van der Waals surface area contributed by atoms with Crippen LogP contribution < -0.4 is 5.73 Å². The molecular weight excluding hydrogens is 292 g/mol. The Bertz CT molecular complexity index is 547. The van der Waals surface area contributed by atoms with Crippen molar-refractivity contribution in [2.75, 3.05) is 26.8 Å². The first-order valence-corrected chi connectivity index (χ1v) is 7.23. The van der Waals surface area contributed by atoms with E-state index < -0.39 is 22.5 Å². The molecule has 0 bridgehead atoms. The second kappa shape index (κ2) is 6.85. The number of nitrogens with zero attached hydrogens (tertiary/aromatic N) is 1. The van der Waals surface area contributed by atoms with Crippen LogP contribution in [0.1, 0.15) is 0 Å². The first-order chi connectivity index (χ1) is 8.89. The van der Waals surface area contributed by atoms with Gasteiger partial charge in [0.05, 0.1) is 18.2 Å². The average Bonchev–Trinajstić information content (AvgIpc) is 2.34. The Hall–Kier alpha value is -1.15. The van der Waals surface area contributed by atoms with Crippen molar-refractivity contribution in [3.63, 3.8) is 0 Å². The van der Waals surface area contributed by atoms with E-state index in [1.165, 1.54) is 19.2 Å². The van der Waals surface area contributed by atoms with Crippen molar-refractivity contribution in [3.8, 4) is 0 Å². The van der Waals surface area contributed by atoms with Gasteiger partial charge in [-0.25, -0.2) is 8.42 Å². The van der Waals surface area contributed by atoms with Crippen molar-refractivity contribution >= 4 is 27.5 Å². The van der Waals surface area contributed by atoms with Gasteiger partial charge in [-0.2, -0.15) is 4.31 Å². The number of halogens is 1. The molecular formula is C11H15ClN2O4S.